The minimum absolute atomic E-state index is 1.02. The molecule has 2 nitrogen and oxygen atoms in total. The Kier molecular flexibility index (Phi) is 2.00. The van der Waals surface area contributed by atoms with Gasteiger partial charge in [-0.05, 0) is 36.8 Å². The van der Waals surface area contributed by atoms with Gasteiger partial charge >= 0.3 is 0 Å². The molecule has 0 saturated heterocycles. The molecule has 64 valence electrons. The van der Waals surface area contributed by atoms with Crippen molar-refractivity contribution in [2.45, 2.75) is 25.7 Å². The van der Waals surface area contributed by atoms with Crippen molar-refractivity contribution in [2.75, 3.05) is 0 Å². The normalized spacial score (nSPS) is 21.9. The second-order valence-electron chi connectivity index (χ2n) is 3.24. The summed E-state index contributed by atoms with van der Waals surface area (Å²) in [6, 6.07) is 0. The van der Waals surface area contributed by atoms with Gasteiger partial charge in [0.1, 0.15) is 0 Å². The van der Waals surface area contributed by atoms with Gasteiger partial charge in [0.05, 0.1) is 5.70 Å². The van der Waals surface area contributed by atoms with E-state index in [1.54, 1.807) is 0 Å². The summed E-state index contributed by atoms with van der Waals surface area (Å²) in [5, 5.41) is 0. The third-order valence-corrected chi connectivity index (χ3v) is 2.48. The molecule has 0 radical (unpaired) electrons. The van der Waals surface area contributed by atoms with Gasteiger partial charge < -0.3 is 5.43 Å². The van der Waals surface area contributed by atoms with Crippen molar-refractivity contribution in [1.29, 1.82) is 0 Å². The smallest absolute Gasteiger partial charge is 0.0520 e. The van der Waals surface area contributed by atoms with Crippen molar-refractivity contribution in [3.05, 3.63) is 35.1 Å². The molecule has 0 saturated carbocycles. The average Bonchev–Trinajstić information content (AvgIpc) is 2.17. The van der Waals surface area contributed by atoms with Crippen molar-refractivity contribution in [1.82, 2.24) is 5.43 Å². The zero-order valence-corrected chi connectivity index (χ0v) is 7.14. The van der Waals surface area contributed by atoms with E-state index in [2.05, 4.69) is 23.7 Å². The molecule has 0 atom stereocenters. The summed E-state index contributed by atoms with van der Waals surface area (Å²) >= 11 is 0. The summed E-state index contributed by atoms with van der Waals surface area (Å²) in [5.41, 5.74) is 6.66. The van der Waals surface area contributed by atoms with Gasteiger partial charge in [-0.15, -0.1) is 0 Å². The standard InChI is InChI=1S/C10H14N2/c11-12-10-7-3-5-8-4-1-2-6-9(8)10/h5-7,12H,1-4,11H2. The van der Waals surface area contributed by atoms with E-state index in [0.717, 1.165) is 12.1 Å². The summed E-state index contributed by atoms with van der Waals surface area (Å²) in [7, 11) is 0. The Labute approximate surface area is 72.8 Å². The SMILES string of the molecule is NNC1=CCC=C2CCCC=C21. The van der Waals surface area contributed by atoms with Crippen LogP contribution >= 0.6 is 0 Å². The second kappa shape index (κ2) is 3.15. The number of hydrogen-bond donors (Lipinski definition) is 2. The monoisotopic (exact) mass is 162 g/mol. The minimum atomic E-state index is 1.02. The highest BCUT2D eigenvalue weighted by Gasteiger charge is 2.15. The molecule has 0 unspecified atom stereocenters. The van der Waals surface area contributed by atoms with E-state index < -0.39 is 0 Å². The molecule has 0 fully saturated rings. The molecule has 2 rings (SSSR count). The minimum Gasteiger partial charge on any atom is -0.324 e. The summed E-state index contributed by atoms with van der Waals surface area (Å²) in [6.07, 6.45) is 11.4. The Balaban J connectivity index is 2.31. The highest BCUT2D eigenvalue weighted by Crippen LogP contribution is 2.31. The summed E-state index contributed by atoms with van der Waals surface area (Å²) in [6.45, 7) is 0. The van der Waals surface area contributed by atoms with E-state index in [0.29, 0.717) is 0 Å². The van der Waals surface area contributed by atoms with Crippen molar-refractivity contribution in [3.63, 3.8) is 0 Å². The number of nitrogens with two attached hydrogens (primary N) is 1. The maximum absolute atomic E-state index is 5.42. The lowest BCUT2D eigenvalue weighted by atomic mass is 9.88. The maximum Gasteiger partial charge on any atom is 0.0520 e. The Hall–Kier alpha value is -1.02. The van der Waals surface area contributed by atoms with Crippen LogP contribution in [-0.4, -0.2) is 0 Å². The largest absolute Gasteiger partial charge is 0.324 e. The third kappa shape index (κ3) is 1.18. The first-order valence-corrected chi connectivity index (χ1v) is 4.48. The Morgan fingerprint density at radius 3 is 3.00 bits per heavy atom. The number of nitrogens with one attached hydrogen (secondary N) is 1. The number of rotatable bonds is 1. The van der Waals surface area contributed by atoms with Crippen LogP contribution in [0, 0.1) is 0 Å². The van der Waals surface area contributed by atoms with E-state index in [-0.39, 0.29) is 0 Å². The molecular weight excluding hydrogens is 148 g/mol. The molecule has 0 aromatic heterocycles. The van der Waals surface area contributed by atoms with Gasteiger partial charge in [0.25, 0.3) is 0 Å². The molecule has 0 bridgehead atoms. The van der Waals surface area contributed by atoms with E-state index in [1.165, 1.54) is 30.4 Å². The zero-order valence-electron chi connectivity index (χ0n) is 7.14. The van der Waals surface area contributed by atoms with Crippen LogP contribution in [-0.2, 0) is 0 Å². The molecule has 0 spiro atoms. The highest BCUT2D eigenvalue weighted by molar-refractivity contribution is 5.49. The van der Waals surface area contributed by atoms with Crippen LogP contribution in [0.15, 0.2) is 35.1 Å². The van der Waals surface area contributed by atoms with Gasteiger partial charge in [0, 0.05) is 0 Å². The van der Waals surface area contributed by atoms with E-state index in [1.807, 2.05) is 0 Å². The Morgan fingerprint density at radius 1 is 1.25 bits per heavy atom. The fourth-order valence-electron chi connectivity index (χ4n) is 1.87. The summed E-state index contributed by atoms with van der Waals surface area (Å²) in [4.78, 5) is 0. The van der Waals surface area contributed by atoms with Gasteiger partial charge in [-0.3, -0.25) is 5.84 Å². The molecule has 12 heavy (non-hydrogen) atoms. The average molecular weight is 162 g/mol. The molecule has 2 heteroatoms. The maximum atomic E-state index is 5.42. The van der Waals surface area contributed by atoms with Crippen LogP contribution in [0.4, 0.5) is 0 Å². The van der Waals surface area contributed by atoms with Crippen LogP contribution in [0.25, 0.3) is 0 Å². The highest BCUT2D eigenvalue weighted by atomic mass is 15.2. The summed E-state index contributed by atoms with van der Waals surface area (Å²) < 4.78 is 0. The fraction of sp³-hybridized carbons (Fsp3) is 0.400. The third-order valence-electron chi connectivity index (χ3n) is 2.48. The van der Waals surface area contributed by atoms with E-state index in [9.17, 15) is 0 Å². The molecule has 0 aromatic rings. The summed E-state index contributed by atoms with van der Waals surface area (Å²) in [5.74, 6) is 5.42. The van der Waals surface area contributed by atoms with Crippen LogP contribution in [0.5, 0.6) is 0 Å². The fourth-order valence-corrected chi connectivity index (χ4v) is 1.87. The Bertz CT molecular complexity index is 272. The molecule has 2 aliphatic carbocycles. The predicted octanol–water partition coefficient (Wildman–Crippen LogP) is 1.77. The van der Waals surface area contributed by atoms with Gasteiger partial charge in [0.2, 0.25) is 0 Å². The zero-order chi connectivity index (χ0) is 8.39. The van der Waals surface area contributed by atoms with Crippen LogP contribution in [0.1, 0.15) is 25.7 Å². The lowest BCUT2D eigenvalue weighted by Gasteiger charge is -2.22. The molecule has 0 aliphatic heterocycles. The quantitative estimate of drug-likeness (QED) is 0.455. The van der Waals surface area contributed by atoms with Crippen molar-refractivity contribution < 1.29 is 0 Å². The van der Waals surface area contributed by atoms with Crippen LogP contribution in [0.2, 0.25) is 0 Å². The molecule has 0 amide bonds. The molecule has 0 heterocycles. The second-order valence-corrected chi connectivity index (χ2v) is 3.24. The topological polar surface area (TPSA) is 38.0 Å². The number of allylic oxidation sites excluding steroid dienone is 4. The predicted molar refractivity (Wildman–Crippen MR) is 50.0 cm³/mol. The van der Waals surface area contributed by atoms with E-state index >= 15 is 0 Å². The van der Waals surface area contributed by atoms with Gasteiger partial charge in [-0.2, -0.15) is 0 Å². The first-order chi connectivity index (χ1) is 5.92. The first kappa shape index (κ1) is 7.62. The van der Waals surface area contributed by atoms with Gasteiger partial charge in [-0.1, -0.05) is 18.2 Å². The molecular formula is C10H14N2. The van der Waals surface area contributed by atoms with Crippen molar-refractivity contribution in [3.8, 4) is 0 Å². The molecule has 2 aliphatic rings. The van der Waals surface area contributed by atoms with Crippen molar-refractivity contribution in [2.24, 2.45) is 5.84 Å². The first-order valence-electron chi connectivity index (χ1n) is 4.48. The lowest BCUT2D eigenvalue weighted by Crippen LogP contribution is -2.24. The lowest BCUT2D eigenvalue weighted by molar-refractivity contribution is 0.772. The van der Waals surface area contributed by atoms with Crippen LogP contribution in [0.3, 0.4) is 0 Å². The Morgan fingerprint density at radius 2 is 2.17 bits per heavy atom. The van der Waals surface area contributed by atoms with Crippen LogP contribution < -0.4 is 11.3 Å². The van der Waals surface area contributed by atoms with E-state index in [4.69, 9.17) is 5.84 Å². The van der Waals surface area contributed by atoms with Crippen molar-refractivity contribution >= 4 is 0 Å². The number of hydrogen-bond acceptors (Lipinski definition) is 2. The molecule has 0 aromatic carbocycles. The number of hydrazine groups is 1. The molecule has 3 N–H and O–H groups in total. The van der Waals surface area contributed by atoms with Gasteiger partial charge in [0.15, 0.2) is 0 Å². The number of fused-ring (bicyclic) bond motifs is 1. The van der Waals surface area contributed by atoms with Gasteiger partial charge in [-0.25, -0.2) is 0 Å².